The van der Waals surface area contributed by atoms with Crippen molar-refractivity contribution in [2.75, 3.05) is 0 Å². The van der Waals surface area contributed by atoms with Crippen LogP contribution < -0.4 is 3.58 Å². The third-order valence-corrected chi connectivity index (χ3v) is 8.76. The molecule has 0 amide bonds. The molecule has 21 heavy (non-hydrogen) atoms. The van der Waals surface area contributed by atoms with Gasteiger partial charge in [0.1, 0.15) is 0 Å². The zero-order valence-corrected chi connectivity index (χ0v) is 16.2. The summed E-state index contributed by atoms with van der Waals surface area (Å²) in [7, 11) is 0. The SMILES string of the molecule is CC(C)(C)OC(=O)n1c[c]([Sn]([CH3])([CH3])[CH3])c2cc(F)cnc21. The molecule has 0 spiro atoms. The molecule has 0 atom stereocenters. The van der Waals surface area contributed by atoms with E-state index in [1.807, 2.05) is 20.8 Å². The minimum absolute atomic E-state index is 0.388. The van der Waals surface area contributed by atoms with E-state index in [9.17, 15) is 9.18 Å². The Kier molecular flexibility index (Phi) is 4.08. The Morgan fingerprint density at radius 1 is 1.33 bits per heavy atom. The van der Waals surface area contributed by atoms with Gasteiger partial charge in [-0.15, -0.1) is 0 Å². The third kappa shape index (κ3) is 3.56. The summed E-state index contributed by atoms with van der Waals surface area (Å²) in [4.78, 5) is 23.1. The van der Waals surface area contributed by atoms with E-state index in [1.165, 1.54) is 10.6 Å². The van der Waals surface area contributed by atoms with Crippen LogP contribution in [0.1, 0.15) is 20.8 Å². The van der Waals surface area contributed by atoms with Crippen LogP contribution in [0.5, 0.6) is 0 Å². The average molecular weight is 399 g/mol. The monoisotopic (exact) mass is 400 g/mol. The van der Waals surface area contributed by atoms with Gasteiger partial charge in [-0.05, 0) is 0 Å². The van der Waals surface area contributed by atoms with Gasteiger partial charge in [0.05, 0.1) is 0 Å². The van der Waals surface area contributed by atoms with Crippen molar-refractivity contribution in [2.24, 2.45) is 0 Å². The van der Waals surface area contributed by atoms with Gasteiger partial charge in [-0.2, -0.15) is 0 Å². The molecule has 2 rings (SSSR count). The van der Waals surface area contributed by atoms with Gasteiger partial charge >= 0.3 is 128 Å². The number of rotatable bonds is 1. The minimum atomic E-state index is -2.51. The molecule has 0 aliphatic rings. The number of ether oxygens (including phenoxy) is 1. The fourth-order valence-corrected chi connectivity index (χ4v) is 6.44. The Bertz CT molecular complexity index is 696. The molecule has 0 saturated carbocycles. The van der Waals surface area contributed by atoms with Crippen LogP contribution in [0, 0.1) is 5.82 Å². The Morgan fingerprint density at radius 3 is 2.48 bits per heavy atom. The van der Waals surface area contributed by atoms with Gasteiger partial charge in [0.2, 0.25) is 0 Å². The Balaban J connectivity index is 2.63. The molecule has 0 aliphatic heterocycles. The van der Waals surface area contributed by atoms with Gasteiger partial charge in [-0.25, -0.2) is 0 Å². The summed E-state index contributed by atoms with van der Waals surface area (Å²) in [6.45, 7) is 5.44. The van der Waals surface area contributed by atoms with Gasteiger partial charge in [-0.1, -0.05) is 0 Å². The van der Waals surface area contributed by atoms with Crippen LogP contribution in [-0.2, 0) is 4.74 Å². The van der Waals surface area contributed by atoms with Crippen molar-refractivity contribution in [1.29, 1.82) is 0 Å². The Hall–Kier alpha value is -1.11. The number of fused-ring (bicyclic) bond motifs is 1. The Morgan fingerprint density at radius 2 is 1.95 bits per heavy atom. The summed E-state index contributed by atoms with van der Waals surface area (Å²) in [6.07, 6.45) is 2.43. The molecule has 0 bridgehead atoms. The zero-order valence-electron chi connectivity index (χ0n) is 13.3. The second-order valence-corrected chi connectivity index (χ2v) is 21.5. The molecule has 2 aromatic heterocycles. The van der Waals surface area contributed by atoms with Gasteiger partial charge in [0, 0.05) is 0 Å². The first-order valence-corrected chi connectivity index (χ1v) is 16.9. The predicted molar refractivity (Wildman–Crippen MR) is 84.3 cm³/mol. The fourth-order valence-electron chi connectivity index (χ4n) is 2.13. The van der Waals surface area contributed by atoms with Gasteiger partial charge in [0.25, 0.3) is 0 Å². The van der Waals surface area contributed by atoms with Crippen molar-refractivity contribution in [3.8, 4) is 0 Å². The van der Waals surface area contributed by atoms with Crippen molar-refractivity contribution in [2.45, 2.75) is 41.2 Å². The first-order chi connectivity index (χ1) is 9.49. The predicted octanol–water partition coefficient (Wildman–Crippen LogP) is 3.50. The van der Waals surface area contributed by atoms with E-state index in [-0.39, 0.29) is 5.82 Å². The van der Waals surface area contributed by atoms with Gasteiger partial charge < -0.3 is 0 Å². The van der Waals surface area contributed by atoms with Crippen LogP contribution in [0.25, 0.3) is 11.0 Å². The quantitative estimate of drug-likeness (QED) is 0.690. The van der Waals surface area contributed by atoms with Crippen LogP contribution >= 0.6 is 0 Å². The molecule has 2 heterocycles. The number of nitrogens with zero attached hydrogens (tertiary/aromatic N) is 2. The number of carbonyl (C=O) groups is 1. The van der Waals surface area contributed by atoms with Gasteiger partial charge in [-0.3, -0.25) is 0 Å². The molecular weight excluding hydrogens is 378 g/mol. The number of carbonyl (C=O) groups excluding carboxylic acids is 1. The van der Waals surface area contributed by atoms with E-state index in [0.717, 1.165) is 15.2 Å². The summed E-state index contributed by atoms with van der Waals surface area (Å²) in [5.74, 6) is -0.388. The molecule has 0 radical (unpaired) electrons. The van der Waals surface area contributed by atoms with Gasteiger partial charge in [0.15, 0.2) is 0 Å². The molecule has 0 aromatic carbocycles. The maximum atomic E-state index is 13.5. The van der Waals surface area contributed by atoms with E-state index in [2.05, 4.69) is 19.8 Å². The van der Waals surface area contributed by atoms with Crippen LogP contribution in [0.3, 0.4) is 0 Å². The molecular formula is C15H21FN2O2Sn. The molecule has 0 N–H and O–H groups in total. The van der Waals surface area contributed by atoms with E-state index in [4.69, 9.17) is 4.74 Å². The average Bonchev–Trinajstić information content (AvgIpc) is 2.64. The number of pyridine rings is 1. The van der Waals surface area contributed by atoms with Crippen LogP contribution in [-0.4, -0.2) is 39.6 Å². The maximum absolute atomic E-state index is 13.5. The van der Waals surface area contributed by atoms with E-state index >= 15 is 0 Å². The second kappa shape index (κ2) is 5.26. The number of hydrogen-bond donors (Lipinski definition) is 0. The molecule has 114 valence electrons. The van der Waals surface area contributed by atoms with E-state index in [1.54, 1.807) is 6.20 Å². The standard InChI is InChI=1S/C12H12FN2O2.3CH3.Sn/c1-12(2,3)17-11(16)15-5-4-8-6-9(13)7-14-10(8)15;;;;/h5-7H,1-3H3;3*1H3;. The summed E-state index contributed by atoms with van der Waals surface area (Å²) in [5.41, 5.74) is -0.119. The van der Waals surface area contributed by atoms with E-state index < -0.39 is 30.1 Å². The van der Waals surface area contributed by atoms with Crippen molar-refractivity contribution < 1.29 is 13.9 Å². The molecule has 6 heteroatoms. The molecule has 4 nitrogen and oxygen atoms in total. The van der Waals surface area contributed by atoms with Crippen molar-refractivity contribution in [3.63, 3.8) is 0 Å². The normalized spacial score (nSPS) is 12.7. The van der Waals surface area contributed by atoms with Crippen molar-refractivity contribution >= 4 is 39.1 Å². The number of aromatic nitrogens is 2. The van der Waals surface area contributed by atoms with E-state index in [0.29, 0.717) is 5.65 Å². The zero-order chi connectivity index (χ0) is 16.0. The summed E-state index contributed by atoms with van der Waals surface area (Å²) in [6, 6.07) is 1.46. The summed E-state index contributed by atoms with van der Waals surface area (Å²) >= 11 is -2.51. The third-order valence-electron chi connectivity index (χ3n) is 3.01. The first-order valence-electron chi connectivity index (χ1n) is 6.89. The molecule has 0 saturated heterocycles. The molecule has 0 fully saturated rings. The first kappa shape index (κ1) is 16.3. The summed E-state index contributed by atoms with van der Waals surface area (Å²) in [5, 5.41) is 0.726. The number of hydrogen-bond acceptors (Lipinski definition) is 3. The van der Waals surface area contributed by atoms with Crippen LogP contribution in [0.15, 0.2) is 18.5 Å². The van der Waals surface area contributed by atoms with Crippen LogP contribution in [0.4, 0.5) is 9.18 Å². The molecule has 2 aromatic rings. The topological polar surface area (TPSA) is 44.1 Å². The molecule has 0 unspecified atom stereocenters. The fraction of sp³-hybridized carbons (Fsp3) is 0.467. The number of halogens is 1. The van der Waals surface area contributed by atoms with Crippen molar-refractivity contribution in [1.82, 2.24) is 9.55 Å². The van der Waals surface area contributed by atoms with Crippen LogP contribution in [0.2, 0.25) is 14.8 Å². The molecule has 0 aliphatic carbocycles. The summed E-state index contributed by atoms with van der Waals surface area (Å²) < 4.78 is 21.4. The Labute approximate surface area is 128 Å². The van der Waals surface area contributed by atoms with Crippen molar-refractivity contribution in [3.05, 3.63) is 24.3 Å². The second-order valence-electron chi connectivity index (χ2n) is 7.17.